The van der Waals surface area contributed by atoms with Gasteiger partial charge in [-0.25, -0.2) is 4.98 Å². The molecular weight excluding hydrogens is 268 g/mol. The van der Waals surface area contributed by atoms with E-state index in [4.69, 9.17) is 11.6 Å². The fourth-order valence-electron chi connectivity index (χ4n) is 2.23. The van der Waals surface area contributed by atoms with Crippen molar-refractivity contribution in [1.82, 2.24) is 4.98 Å². The van der Waals surface area contributed by atoms with Gasteiger partial charge in [-0.15, -0.1) is 0 Å². The lowest BCUT2D eigenvalue weighted by molar-refractivity contribution is 0.874. The summed E-state index contributed by atoms with van der Waals surface area (Å²) in [6.07, 6.45) is 4.10. The second-order valence-corrected chi connectivity index (χ2v) is 5.55. The van der Waals surface area contributed by atoms with Crippen LogP contribution in [0.2, 0.25) is 5.15 Å². The Morgan fingerprint density at radius 3 is 2.55 bits per heavy atom. The molecule has 1 aromatic heterocycles. The van der Waals surface area contributed by atoms with Crippen LogP contribution in [-0.4, -0.2) is 4.98 Å². The minimum Gasteiger partial charge on any atom is -0.377 e. The zero-order chi connectivity index (χ0) is 14.5. The third-order valence-corrected chi connectivity index (χ3v) is 3.81. The maximum absolute atomic E-state index is 5.94. The molecule has 0 bridgehead atoms. The number of hydrogen-bond acceptors (Lipinski definition) is 2. The van der Waals surface area contributed by atoms with E-state index in [0.717, 1.165) is 17.7 Å². The molecule has 106 valence electrons. The molecule has 3 heteroatoms. The van der Waals surface area contributed by atoms with Gasteiger partial charge in [0, 0.05) is 6.04 Å². The molecule has 1 aromatic carbocycles. The second kappa shape index (κ2) is 6.76. The van der Waals surface area contributed by atoms with Crippen molar-refractivity contribution in [1.29, 1.82) is 0 Å². The molecule has 0 fully saturated rings. The van der Waals surface area contributed by atoms with Gasteiger partial charge in [0.25, 0.3) is 0 Å². The number of anilines is 1. The van der Waals surface area contributed by atoms with Crippen LogP contribution in [-0.2, 0) is 6.42 Å². The molecule has 1 N–H and O–H groups in total. The van der Waals surface area contributed by atoms with Crippen LogP contribution < -0.4 is 5.32 Å². The van der Waals surface area contributed by atoms with Gasteiger partial charge in [-0.2, -0.15) is 0 Å². The van der Waals surface area contributed by atoms with Gasteiger partial charge >= 0.3 is 0 Å². The van der Waals surface area contributed by atoms with Crippen LogP contribution in [0.15, 0.2) is 36.5 Å². The molecule has 0 saturated carbocycles. The molecule has 0 saturated heterocycles. The lowest BCUT2D eigenvalue weighted by atomic mass is 10.0. The number of pyridine rings is 1. The molecule has 0 radical (unpaired) electrons. The maximum atomic E-state index is 5.94. The molecule has 0 aliphatic heterocycles. The molecule has 1 heterocycles. The topological polar surface area (TPSA) is 24.9 Å². The summed E-state index contributed by atoms with van der Waals surface area (Å²) in [4.78, 5) is 4.17. The first-order valence-electron chi connectivity index (χ1n) is 7.07. The monoisotopic (exact) mass is 288 g/mol. The summed E-state index contributed by atoms with van der Waals surface area (Å²) in [6.45, 7) is 6.32. The molecule has 0 aliphatic carbocycles. The quantitative estimate of drug-likeness (QED) is 0.768. The standard InChI is InChI=1S/C17H21ClN2/c1-4-5-14-6-8-15(9-7-14)13(3)20-16-10-12(2)17(18)19-11-16/h6-11,13,20H,4-5H2,1-3H3. The Labute approximate surface area is 126 Å². The van der Waals surface area contributed by atoms with Gasteiger partial charge in [-0.1, -0.05) is 49.2 Å². The lowest BCUT2D eigenvalue weighted by Gasteiger charge is -2.16. The Kier molecular flexibility index (Phi) is 5.02. The van der Waals surface area contributed by atoms with E-state index in [1.165, 1.54) is 17.5 Å². The van der Waals surface area contributed by atoms with Crippen LogP contribution in [0.5, 0.6) is 0 Å². The number of nitrogens with one attached hydrogen (secondary N) is 1. The maximum Gasteiger partial charge on any atom is 0.132 e. The zero-order valence-electron chi connectivity index (χ0n) is 12.3. The molecule has 1 unspecified atom stereocenters. The SMILES string of the molecule is CCCc1ccc(C(C)Nc2cnc(Cl)c(C)c2)cc1. The van der Waals surface area contributed by atoms with Crippen molar-refractivity contribution < 1.29 is 0 Å². The van der Waals surface area contributed by atoms with Crippen LogP contribution in [0, 0.1) is 6.92 Å². The van der Waals surface area contributed by atoms with E-state index < -0.39 is 0 Å². The van der Waals surface area contributed by atoms with Gasteiger partial charge in [0.2, 0.25) is 0 Å². The normalized spacial score (nSPS) is 12.2. The molecular formula is C17H21ClN2. The summed E-state index contributed by atoms with van der Waals surface area (Å²) in [7, 11) is 0. The molecule has 2 nitrogen and oxygen atoms in total. The Morgan fingerprint density at radius 1 is 1.25 bits per heavy atom. The Balaban J connectivity index is 2.06. The predicted octanol–water partition coefficient (Wildman–Crippen LogP) is 5.17. The summed E-state index contributed by atoms with van der Waals surface area (Å²) in [5.74, 6) is 0. The third-order valence-electron chi connectivity index (χ3n) is 3.42. The zero-order valence-corrected chi connectivity index (χ0v) is 13.0. The van der Waals surface area contributed by atoms with Gasteiger partial charge in [0.1, 0.15) is 5.15 Å². The summed E-state index contributed by atoms with van der Waals surface area (Å²) < 4.78 is 0. The largest absolute Gasteiger partial charge is 0.377 e. The summed E-state index contributed by atoms with van der Waals surface area (Å²) in [6, 6.07) is 11.1. The van der Waals surface area contributed by atoms with Crippen molar-refractivity contribution in [3.05, 3.63) is 58.4 Å². The van der Waals surface area contributed by atoms with E-state index in [-0.39, 0.29) is 6.04 Å². The third kappa shape index (κ3) is 3.73. The number of aromatic nitrogens is 1. The number of rotatable bonds is 5. The van der Waals surface area contributed by atoms with Crippen LogP contribution in [0.3, 0.4) is 0 Å². The van der Waals surface area contributed by atoms with Crippen molar-refractivity contribution in [3.63, 3.8) is 0 Å². The second-order valence-electron chi connectivity index (χ2n) is 5.19. The number of hydrogen-bond donors (Lipinski definition) is 1. The number of nitrogens with zero attached hydrogens (tertiary/aromatic N) is 1. The van der Waals surface area contributed by atoms with Crippen LogP contribution in [0.25, 0.3) is 0 Å². The summed E-state index contributed by atoms with van der Waals surface area (Å²) in [5.41, 5.74) is 4.66. The van der Waals surface area contributed by atoms with Crippen molar-refractivity contribution in [2.24, 2.45) is 0 Å². The van der Waals surface area contributed by atoms with Crippen molar-refractivity contribution in [3.8, 4) is 0 Å². The highest BCUT2D eigenvalue weighted by atomic mass is 35.5. The molecule has 2 rings (SSSR count). The fourth-order valence-corrected chi connectivity index (χ4v) is 2.34. The van der Waals surface area contributed by atoms with Crippen LogP contribution >= 0.6 is 11.6 Å². The molecule has 1 atom stereocenters. The molecule has 0 amide bonds. The van der Waals surface area contributed by atoms with Crippen LogP contribution in [0.1, 0.15) is 43.0 Å². The number of benzene rings is 1. The minimum absolute atomic E-state index is 0.244. The first kappa shape index (κ1) is 14.9. The number of halogens is 1. The Hall–Kier alpha value is -1.54. The van der Waals surface area contributed by atoms with Gasteiger partial charge < -0.3 is 5.32 Å². The Bertz CT molecular complexity index is 564. The molecule has 0 aliphatic rings. The molecule has 20 heavy (non-hydrogen) atoms. The van der Waals surface area contributed by atoms with E-state index in [1.54, 1.807) is 6.20 Å². The highest BCUT2D eigenvalue weighted by Crippen LogP contribution is 2.22. The molecule has 0 spiro atoms. The lowest BCUT2D eigenvalue weighted by Crippen LogP contribution is -2.07. The highest BCUT2D eigenvalue weighted by Gasteiger charge is 2.06. The van der Waals surface area contributed by atoms with Crippen molar-refractivity contribution in [2.45, 2.75) is 39.7 Å². The summed E-state index contributed by atoms with van der Waals surface area (Å²) in [5, 5.41) is 4.02. The van der Waals surface area contributed by atoms with Crippen LogP contribution in [0.4, 0.5) is 5.69 Å². The first-order chi connectivity index (χ1) is 9.60. The molecule has 2 aromatic rings. The highest BCUT2D eigenvalue weighted by molar-refractivity contribution is 6.30. The fraction of sp³-hybridized carbons (Fsp3) is 0.353. The number of aryl methyl sites for hydroxylation is 2. The summed E-state index contributed by atoms with van der Waals surface area (Å²) >= 11 is 5.94. The average Bonchev–Trinajstić information content (AvgIpc) is 2.44. The smallest absolute Gasteiger partial charge is 0.132 e. The van der Waals surface area contributed by atoms with Gasteiger partial charge in [0.05, 0.1) is 11.9 Å². The minimum atomic E-state index is 0.244. The van der Waals surface area contributed by atoms with E-state index in [1.807, 2.05) is 13.0 Å². The average molecular weight is 289 g/mol. The first-order valence-corrected chi connectivity index (χ1v) is 7.45. The van der Waals surface area contributed by atoms with Gasteiger partial charge in [-0.05, 0) is 43.0 Å². The van der Waals surface area contributed by atoms with E-state index in [9.17, 15) is 0 Å². The van der Waals surface area contributed by atoms with Gasteiger partial charge in [0.15, 0.2) is 0 Å². The van der Waals surface area contributed by atoms with E-state index >= 15 is 0 Å². The van der Waals surface area contributed by atoms with Crippen molar-refractivity contribution in [2.75, 3.05) is 5.32 Å². The van der Waals surface area contributed by atoms with Crippen molar-refractivity contribution >= 4 is 17.3 Å². The van der Waals surface area contributed by atoms with Gasteiger partial charge in [-0.3, -0.25) is 0 Å². The predicted molar refractivity (Wildman–Crippen MR) is 86.5 cm³/mol. The Morgan fingerprint density at radius 2 is 1.95 bits per heavy atom. The van der Waals surface area contributed by atoms with E-state index in [2.05, 4.69) is 48.4 Å². The van der Waals surface area contributed by atoms with E-state index in [0.29, 0.717) is 5.15 Å².